The summed E-state index contributed by atoms with van der Waals surface area (Å²) in [4.78, 5) is 39.0. The van der Waals surface area contributed by atoms with Gasteiger partial charge < -0.3 is 24.8 Å². The Morgan fingerprint density at radius 2 is 1.45 bits per heavy atom. The van der Waals surface area contributed by atoms with Crippen molar-refractivity contribution in [2.45, 2.75) is 76.6 Å². The van der Waals surface area contributed by atoms with E-state index in [-0.39, 0.29) is 41.8 Å². The first-order valence-corrected chi connectivity index (χ1v) is 19.4. The number of aliphatic hydroxyl groups is 1. The number of nitrogens with zero attached hydrogens (tertiary/aromatic N) is 3. The lowest BCUT2D eigenvalue weighted by molar-refractivity contribution is -0.384. The number of rotatable bonds is 17. The number of carbonyl (C=O) groups is 2. The van der Waals surface area contributed by atoms with E-state index in [0.717, 1.165) is 91.1 Å². The number of hydrogen-bond donors (Lipinski definition) is 4. The Kier molecular flexibility index (Phi) is 14.5. The van der Waals surface area contributed by atoms with Gasteiger partial charge >= 0.3 is 0 Å². The Bertz CT molecular complexity index is 1900. The van der Waals surface area contributed by atoms with Gasteiger partial charge in [0.1, 0.15) is 0 Å². The molecular weight excluding hydrogens is 714 g/mol. The maximum atomic E-state index is 12.5. The number of nitro groups is 1. The zero-order valence-electron chi connectivity index (χ0n) is 31.6. The van der Waals surface area contributed by atoms with E-state index in [9.17, 15) is 24.8 Å². The van der Waals surface area contributed by atoms with E-state index in [1.165, 1.54) is 0 Å². The largest absolute Gasteiger partial charge is 0.392 e. The van der Waals surface area contributed by atoms with E-state index >= 15 is 0 Å². The molecule has 0 aromatic heterocycles. The summed E-state index contributed by atoms with van der Waals surface area (Å²) in [6, 6.07) is 30.9. The molecule has 2 aliphatic rings. The maximum Gasteiger partial charge on any atom is 0.269 e. The quantitative estimate of drug-likeness (QED) is 0.0399. The van der Waals surface area contributed by atoms with E-state index in [4.69, 9.17) is 14.7 Å². The molecule has 2 amide bonds. The molecule has 3 atom stereocenters. The van der Waals surface area contributed by atoms with Crippen LogP contribution in [0.3, 0.4) is 0 Å². The lowest BCUT2D eigenvalue weighted by Gasteiger charge is -2.41. The first kappa shape index (κ1) is 40.5. The number of amides is 2. The van der Waals surface area contributed by atoms with Crippen molar-refractivity contribution < 1.29 is 34.3 Å². The minimum atomic E-state index is -0.605. The van der Waals surface area contributed by atoms with Crippen LogP contribution >= 0.6 is 0 Å². The van der Waals surface area contributed by atoms with E-state index in [1.807, 2.05) is 60.7 Å². The summed E-state index contributed by atoms with van der Waals surface area (Å²) in [6.45, 7) is 4.39. The summed E-state index contributed by atoms with van der Waals surface area (Å²) in [5.74, 6) is -0.406. The second-order valence-electron chi connectivity index (χ2n) is 14.5. The molecule has 0 bridgehead atoms. The Morgan fingerprint density at radius 1 is 0.768 bits per heavy atom. The molecule has 0 radical (unpaired) electrons. The van der Waals surface area contributed by atoms with Gasteiger partial charge in [0.25, 0.3) is 5.69 Å². The number of unbranched alkanes of at least 4 members (excludes halogenated alkanes) is 3. The van der Waals surface area contributed by atoms with Crippen molar-refractivity contribution >= 4 is 23.2 Å². The van der Waals surface area contributed by atoms with Gasteiger partial charge in [-0.2, -0.15) is 0 Å². The number of nitro benzene ring substituents is 1. The van der Waals surface area contributed by atoms with Crippen molar-refractivity contribution in [1.29, 1.82) is 0 Å². The van der Waals surface area contributed by atoms with Gasteiger partial charge in [-0.05, 0) is 64.9 Å². The van der Waals surface area contributed by atoms with E-state index < -0.39 is 12.2 Å². The van der Waals surface area contributed by atoms with Crippen LogP contribution < -0.4 is 15.7 Å². The number of piperazine rings is 1. The second kappa shape index (κ2) is 20.1. The van der Waals surface area contributed by atoms with Crippen LogP contribution in [0.5, 0.6) is 0 Å². The van der Waals surface area contributed by atoms with Crippen LogP contribution in [-0.2, 0) is 32.2 Å². The SMILES string of the molecule is O=C(CCCCCCC(=O)NCc1cccc(-c2cccc([C@H]3O[C@@H](CN4CCN(c5ccc([N+](=O)[O-])cc5)CC4)C[C@@H](c4ccc(CO)cc4)O3)c2)c1)NO. The highest BCUT2D eigenvalue weighted by Crippen LogP contribution is 2.39. The Labute approximate surface area is 327 Å². The number of benzene rings is 4. The molecule has 2 fully saturated rings. The van der Waals surface area contributed by atoms with Gasteiger partial charge in [0.15, 0.2) is 6.29 Å². The van der Waals surface area contributed by atoms with Gasteiger partial charge in [-0.3, -0.25) is 29.8 Å². The van der Waals surface area contributed by atoms with Gasteiger partial charge in [-0.1, -0.05) is 73.5 Å². The Morgan fingerprint density at radius 3 is 2.12 bits per heavy atom. The normalized spacial score (nSPS) is 18.7. The molecule has 0 saturated carbocycles. The van der Waals surface area contributed by atoms with Crippen molar-refractivity contribution in [1.82, 2.24) is 15.7 Å². The Hall–Kier alpha value is -5.18. The van der Waals surface area contributed by atoms with E-state index in [0.29, 0.717) is 25.8 Å². The van der Waals surface area contributed by atoms with Gasteiger partial charge in [0.2, 0.25) is 11.8 Å². The summed E-state index contributed by atoms with van der Waals surface area (Å²) in [5.41, 5.74) is 8.48. The van der Waals surface area contributed by atoms with Crippen LogP contribution in [0, 0.1) is 10.1 Å². The average Bonchev–Trinajstić information content (AvgIpc) is 3.24. The molecule has 0 unspecified atom stereocenters. The lowest BCUT2D eigenvalue weighted by Crippen LogP contribution is -2.49. The average molecular weight is 766 g/mol. The molecule has 13 nitrogen and oxygen atoms in total. The summed E-state index contributed by atoms with van der Waals surface area (Å²) in [6.07, 6.45) is 3.52. The summed E-state index contributed by atoms with van der Waals surface area (Å²) in [5, 5.41) is 32.3. The number of anilines is 1. The fourth-order valence-electron chi connectivity index (χ4n) is 7.29. The minimum absolute atomic E-state index is 0.0152. The minimum Gasteiger partial charge on any atom is -0.392 e. The Balaban J connectivity index is 1.08. The second-order valence-corrected chi connectivity index (χ2v) is 14.5. The molecule has 296 valence electrons. The van der Waals surface area contributed by atoms with Gasteiger partial charge in [-0.25, -0.2) is 5.48 Å². The van der Waals surface area contributed by atoms with Crippen molar-refractivity contribution in [2.24, 2.45) is 0 Å². The molecular formula is C43H51N5O8. The molecule has 6 rings (SSSR count). The van der Waals surface area contributed by atoms with Crippen molar-refractivity contribution in [3.05, 3.63) is 129 Å². The molecule has 0 aliphatic carbocycles. The molecule has 13 heteroatoms. The monoisotopic (exact) mass is 765 g/mol. The molecule has 4 N–H and O–H groups in total. The van der Waals surface area contributed by atoms with Crippen LogP contribution in [0.25, 0.3) is 11.1 Å². The first-order chi connectivity index (χ1) is 27.3. The van der Waals surface area contributed by atoms with Gasteiger partial charge in [0, 0.05) is 81.9 Å². The number of nitrogens with one attached hydrogen (secondary N) is 2. The smallest absolute Gasteiger partial charge is 0.269 e. The maximum absolute atomic E-state index is 12.5. The van der Waals surface area contributed by atoms with Crippen molar-refractivity contribution in [2.75, 3.05) is 37.6 Å². The fourth-order valence-corrected chi connectivity index (χ4v) is 7.29. The molecule has 2 heterocycles. The number of ether oxygens (including phenoxy) is 2. The highest BCUT2D eigenvalue weighted by Gasteiger charge is 2.34. The topological polar surface area (TPSA) is 167 Å². The molecule has 56 heavy (non-hydrogen) atoms. The van der Waals surface area contributed by atoms with E-state index in [1.54, 1.807) is 17.6 Å². The highest BCUT2D eigenvalue weighted by molar-refractivity contribution is 5.76. The van der Waals surface area contributed by atoms with Gasteiger partial charge in [-0.15, -0.1) is 0 Å². The van der Waals surface area contributed by atoms with Crippen LogP contribution in [-0.4, -0.2) is 70.8 Å². The fraction of sp³-hybridized carbons (Fsp3) is 0.395. The molecule has 2 saturated heterocycles. The predicted molar refractivity (Wildman–Crippen MR) is 212 cm³/mol. The van der Waals surface area contributed by atoms with Crippen LogP contribution in [0.1, 0.15) is 79.6 Å². The van der Waals surface area contributed by atoms with Crippen LogP contribution in [0.15, 0.2) is 97.1 Å². The third-order valence-corrected chi connectivity index (χ3v) is 10.5. The molecule has 0 spiro atoms. The summed E-state index contributed by atoms with van der Waals surface area (Å²) >= 11 is 0. The summed E-state index contributed by atoms with van der Waals surface area (Å²) in [7, 11) is 0. The number of non-ortho nitro benzene ring substituents is 1. The van der Waals surface area contributed by atoms with Gasteiger partial charge in [0.05, 0.1) is 23.7 Å². The number of aliphatic hydroxyl groups excluding tert-OH is 1. The molecule has 2 aliphatic heterocycles. The predicted octanol–water partition coefficient (Wildman–Crippen LogP) is 6.58. The van der Waals surface area contributed by atoms with Crippen molar-refractivity contribution in [3.8, 4) is 11.1 Å². The number of hydroxylamine groups is 1. The van der Waals surface area contributed by atoms with E-state index in [2.05, 4.69) is 39.4 Å². The third-order valence-electron chi connectivity index (χ3n) is 10.5. The zero-order valence-corrected chi connectivity index (χ0v) is 31.6. The molecule has 4 aromatic carbocycles. The van der Waals surface area contributed by atoms with Crippen molar-refractivity contribution in [3.63, 3.8) is 0 Å². The summed E-state index contributed by atoms with van der Waals surface area (Å²) < 4.78 is 13.4. The highest BCUT2D eigenvalue weighted by atomic mass is 16.7. The standard InChI is InChI=1S/C43H51N5O8/c49-30-31-13-15-33(16-14-31)40-27-39(29-46-21-23-47(24-22-46)37-17-19-38(20-18-37)48(53)54)55-43(56-40)36-10-6-9-35(26-36)34-8-5-7-32(25-34)28-44-41(50)11-3-1-2-4-12-42(51)45-52/h5-10,13-20,25-26,39-40,43,49,52H,1-4,11-12,21-24,27-30H2,(H,44,50)(H,45,51)/t39-,40+,43+/m1/s1. The third kappa shape index (κ3) is 11.4. The molecule has 4 aromatic rings. The number of carbonyl (C=O) groups excluding carboxylic acids is 2. The van der Waals surface area contributed by atoms with Crippen LogP contribution in [0.2, 0.25) is 0 Å². The zero-order chi connectivity index (χ0) is 39.3. The first-order valence-electron chi connectivity index (χ1n) is 19.4. The van der Waals surface area contributed by atoms with Crippen LogP contribution in [0.4, 0.5) is 11.4 Å². The lowest BCUT2D eigenvalue weighted by atomic mass is 9.98. The number of hydrogen-bond acceptors (Lipinski definition) is 10.